The molecule has 2 N–H and O–H groups in total. The van der Waals surface area contributed by atoms with Crippen LogP contribution in [0.4, 0.5) is 0 Å². The van der Waals surface area contributed by atoms with Crippen LogP contribution in [0.2, 0.25) is 0 Å². The van der Waals surface area contributed by atoms with Crippen molar-refractivity contribution in [3.05, 3.63) is 5.21 Å². The summed E-state index contributed by atoms with van der Waals surface area (Å²) in [5.74, 6) is 0. The summed E-state index contributed by atoms with van der Waals surface area (Å²) in [6.45, 7) is 2.45. The summed E-state index contributed by atoms with van der Waals surface area (Å²) >= 11 is 0. The average molecular weight is 97.5 g/mol. The van der Waals surface area contributed by atoms with Crippen LogP contribution in [0.1, 0.15) is 6.92 Å². The standard InChI is InChI=1S/C2H7NO.ClH/c1-2-3-4;/h2-3H2,1H3;1H. The number of hydrogen-bond donors (Lipinski definition) is 1. The van der Waals surface area contributed by atoms with Gasteiger partial charge in [-0.15, -0.1) is 12.4 Å². The Morgan fingerprint density at radius 2 is 2.00 bits per heavy atom. The molecule has 0 atom stereocenters. The van der Waals surface area contributed by atoms with Crippen LogP contribution in [0, 0.1) is 5.21 Å². The second-order valence-corrected chi connectivity index (χ2v) is 0.575. The molecule has 0 saturated carbocycles. The lowest BCUT2D eigenvalue weighted by molar-refractivity contribution is -0.585. The maximum absolute atomic E-state index is 9.17. The molecule has 34 valence electrons. The number of nitrogens with two attached hydrogens (primary N) is 1. The van der Waals surface area contributed by atoms with Gasteiger partial charge in [-0.05, 0) is 6.92 Å². The smallest absolute Gasteiger partial charge is 0.0723 e. The van der Waals surface area contributed by atoms with E-state index in [-0.39, 0.29) is 12.4 Å². The third-order valence-corrected chi connectivity index (χ3v) is 0.167. The first-order chi connectivity index (χ1) is 1.91. The fraction of sp³-hybridized carbons (Fsp3) is 1.00. The molecular weight excluding hydrogens is 89.5 g/mol. The van der Waals surface area contributed by atoms with E-state index in [4.69, 9.17) is 0 Å². The van der Waals surface area contributed by atoms with Crippen molar-refractivity contribution in [3.8, 4) is 0 Å². The molecule has 0 spiro atoms. The maximum atomic E-state index is 9.17. The average Bonchev–Trinajstić information content (AvgIpc) is 1.37. The molecule has 0 aliphatic carbocycles. The van der Waals surface area contributed by atoms with E-state index < -0.39 is 0 Å². The summed E-state index contributed by atoms with van der Waals surface area (Å²) in [6.07, 6.45) is 0. The van der Waals surface area contributed by atoms with E-state index in [1.807, 2.05) is 6.92 Å². The zero-order chi connectivity index (χ0) is 3.41. The SMILES string of the molecule is CC[NH2+][O-].Cl. The van der Waals surface area contributed by atoms with Gasteiger partial charge in [0.1, 0.15) is 0 Å². The van der Waals surface area contributed by atoms with Crippen LogP contribution in [-0.4, -0.2) is 6.54 Å². The summed E-state index contributed by atoms with van der Waals surface area (Å²) in [4.78, 5) is 0. The normalized spacial score (nSPS) is 6.00. The first-order valence-electron chi connectivity index (χ1n) is 1.35. The zero-order valence-corrected chi connectivity index (χ0v) is 3.92. The van der Waals surface area contributed by atoms with Crippen molar-refractivity contribution < 1.29 is 5.48 Å². The van der Waals surface area contributed by atoms with E-state index in [0.29, 0.717) is 6.54 Å². The van der Waals surface area contributed by atoms with Crippen LogP contribution in [0.15, 0.2) is 0 Å². The molecule has 0 aromatic rings. The Kier molecular flexibility index (Phi) is 15.9. The van der Waals surface area contributed by atoms with Crippen molar-refractivity contribution >= 4 is 12.4 Å². The van der Waals surface area contributed by atoms with Gasteiger partial charge in [0.2, 0.25) is 0 Å². The van der Waals surface area contributed by atoms with Crippen LogP contribution in [0.5, 0.6) is 0 Å². The van der Waals surface area contributed by atoms with E-state index in [9.17, 15) is 5.21 Å². The summed E-state index contributed by atoms with van der Waals surface area (Å²) < 4.78 is 0. The minimum atomic E-state index is 0. The van der Waals surface area contributed by atoms with Crippen molar-refractivity contribution in [2.24, 2.45) is 0 Å². The predicted octanol–water partition coefficient (Wildman–Crippen LogP) is -0.511. The highest BCUT2D eigenvalue weighted by Crippen LogP contribution is 1.19. The lowest BCUT2D eigenvalue weighted by atomic mass is 10.8. The monoisotopic (exact) mass is 97.0 g/mol. The van der Waals surface area contributed by atoms with Gasteiger partial charge in [0.25, 0.3) is 0 Å². The Morgan fingerprint density at radius 3 is 2.00 bits per heavy atom. The van der Waals surface area contributed by atoms with Crippen LogP contribution >= 0.6 is 12.4 Å². The molecule has 0 aliphatic rings. The van der Waals surface area contributed by atoms with E-state index in [2.05, 4.69) is 0 Å². The number of hydroxylamine groups is 1. The highest BCUT2D eigenvalue weighted by atomic mass is 35.5. The van der Waals surface area contributed by atoms with Crippen molar-refractivity contribution in [3.63, 3.8) is 0 Å². The van der Waals surface area contributed by atoms with Crippen LogP contribution in [-0.2, 0) is 0 Å². The summed E-state index contributed by atoms with van der Waals surface area (Å²) in [7, 11) is 0. The van der Waals surface area contributed by atoms with Crippen molar-refractivity contribution in [2.75, 3.05) is 6.54 Å². The van der Waals surface area contributed by atoms with E-state index >= 15 is 0 Å². The number of quaternary nitrogens is 1. The lowest BCUT2D eigenvalue weighted by Crippen LogP contribution is -2.76. The number of rotatable bonds is 1. The van der Waals surface area contributed by atoms with Gasteiger partial charge < -0.3 is 10.7 Å². The summed E-state index contributed by atoms with van der Waals surface area (Å²) in [6, 6.07) is 0. The van der Waals surface area contributed by atoms with Gasteiger partial charge in [-0.2, -0.15) is 0 Å². The van der Waals surface area contributed by atoms with Gasteiger partial charge in [-0.25, -0.2) is 0 Å². The zero-order valence-electron chi connectivity index (χ0n) is 3.10. The third-order valence-electron chi connectivity index (χ3n) is 0.167. The highest BCUT2D eigenvalue weighted by Gasteiger charge is 1.47. The molecule has 2 nitrogen and oxygen atoms in total. The second kappa shape index (κ2) is 8.88. The fourth-order valence-corrected chi connectivity index (χ4v) is 0. The van der Waals surface area contributed by atoms with Gasteiger partial charge in [0.05, 0.1) is 6.54 Å². The quantitative estimate of drug-likeness (QED) is 0.440. The number of halogens is 1. The Labute approximate surface area is 37.6 Å². The molecule has 0 aliphatic heterocycles. The lowest BCUT2D eigenvalue weighted by Gasteiger charge is -1.89. The third kappa shape index (κ3) is 14.0. The molecule has 0 saturated heterocycles. The van der Waals surface area contributed by atoms with E-state index in [1.54, 1.807) is 0 Å². The molecule has 0 unspecified atom stereocenters. The molecule has 0 fully saturated rings. The molecule has 0 bridgehead atoms. The molecular formula is C2H8ClNO. The second-order valence-electron chi connectivity index (χ2n) is 0.575. The van der Waals surface area contributed by atoms with Crippen LogP contribution in [0.25, 0.3) is 0 Å². The molecule has 0 radical (unpaired) electrons. The number of hydrogen-bond acceptors (Lipinski definition) is 1. The molecule has 0 amide bonds. The van der Waals surface area contributed by atoms with Gasteiger partial charge in [0, 0.05) is 0 Å². The van der Waals surface area contributed by atoms with Gasteiger partial charge in [-0.3, -0.25) is 0 Å². The van der Waals surface area contributed by atoms with E-state index in [0.717, 1.165) is 5.48 Å². The van der Waals surface area contributed by atoms with Crippen LogP contribution in [0.3, 0.4) is 0 Å². The minimum Gasteiger partial charge on any atom is -0.636 e. The molecule has 0 heterocycles. The minimum absolute atomic E-state index is 0. The van der Waals surface area contributed by atoms with Gasteiger partial charge in [0.15, 0.2) is 0 Å². The largest absolute Gasteiger partial charge is 0.636 e. The predicted molar refractivity (Wildman–Crippen MR) is 23.1 cm³/mol. The summed E-state index contributed by atoms with van der Waals surface area (Å²) in [5, 5.41) is 9.17. The van der Waals surface area contributed by atoms with Gasteiger partial charge in [-0.1, -0.05) is 0 Å². The molecule has 3 heteroatoms. The van der Waals surface area contributed by atoms with Crippen molar-refractivity contribution in [2.45, 2.75) is 6.92 Å². The highest BCUT2D eigenvalue weighted by molar-refractivity contribution is 5.85. The molecule has 0 aromatic heterocycles. The maximum Gasteiger partial charge on any atom is 0.0723 e. The molecule has 0 rings (SSSR count). The molecule has 0 aromatic carbocycles. The van der Waals surface area contributed by atoms with Gasteiger partial charge >= 0.3 is 0 Å². The molecule has 5 heavy (non-hydrogen) atoms. The summed E-state index contributed by atoms with van der Waals surface area (Å²) in [5.41, 5.74) is 0.875. The topological polar surface area (TPSA) is 39.7 Å². The Morgan fingerprint density at radius 1 is 1.80 bits per heavy atom. The fourth-order valence-electron chi connectivity index (χ4n) is 0. The van der Waals surface area contributed by atoms with Crippen molar-refractivity contribution in [1.82, 2.24) is 0 Å². The first-order valence-corrected chi connectivity index (χ1v) is 1.35. The van der Waals surface area contributed by atoms with Crippen molar-refractivity contribution in [1.29, 1.82) is 0 Å². The Hall–Kier alpha value is 0.210. The van der Waals surface area contributed by atoms with E-state index in [1.165, 1.54) is 0 Å². The Balaban J connectivity index is 0. The van der Waals surface area contributed by atoms with Crippen LogP contribution < -0.4 is 5.48 Å². The first kappa shape index (κ1) is 8.96. The Bertz CT molecular complexity index is 11.6.